The second-order valence-corrected chi connectivity index (χ2v) is 5.86. The minimum atomic E-state index is 0.671. The van der Waals surface area contributed by atoms with Crippen molar-refractivity contribution < 1.29 is 0 Å². The highest BCUT2D eigenvalue weighted by Gasteiger charge is 2.06. The summed E-state index contributed by atoms with van der Waals surface area (Å²) in [6, 6.07) is 9.07. The fourth-order valence-corrected chi connectivity index (χ4v) is 3.32. The summed E-state index contributed by atoms with van der Waals surface area (Å²) in [5, 5.41) is 4.68. The molecule has 0 aliphatic rings. The van der Waals surface area contributed by atoms with E-state index in [4.69, 9.17) is 0 Å². The lowest BCUT2D eigenvalue weighted by Gasteiger charge is -2.14. The smallest absolute Gasteiger partial charge is 0.0938 e. The molecule has 0 spiro atoms. The van der Waals surface area contributed by atoms with E-state index in [0.717, 1.165) is 11.9 Å². The molecule has 1 atom stereocenters. The summed E-state index contributed by atoms with van der Waals surface area (Å²) in [7, 11) is 2.07. The molecule has 18 heavy (non-hydrogen) atoms. The highest BCUT2D eigenvalue weighted by Crippen LogP contribution is 2.23. The van der Waals surface area contributed by atoms with E-state index in [1.165, 1.54) is 35.4 Å². The predicted octanol–water partition coefficient (Wildman–Crippen LogP) is 4.01. The van der Waals surface area contributed by atoms with Crippen LogP contribution < -0.4 is 5.32 Å². The molecule has 1 N–H and O–H groups in total. The molecule has 1 unspecified atom stereocenters. The van der Waals surface area contributed by atoms with Gasteiger partial charge < -0.3 is 5.32 Å². The predicted molar refractivity (Wildman–Crippen MR) is 80.3 cm³/mol. The van der Waals surface area contributed by atoms with Crippen LogP contribution in [0.5, 0.6) is 0 Å². The van der Waals surface area contributed by atoms with Crippen molar-refractivity contribution in [2.45, 2.75) is 45.1 Å². The summed E-state index contributed by atoms with van der Waals surface area (Å²) in [5.74, 6) is 0. The number of hydrogen-bond acceptors (Lipinski definition) is 3. The van der Waals surface area contributed by atoms with Crippen molar-refractivity contribution in [3.8, 4) is 0 Å². The average Bonchev–Trinajstić information content (AvgIpc) is 2.80. The van der Waals surface area contributed by atoms with E-state index in [2.05, 4.69) is 48.5 Å². The minimum Gasteiger partial charge on any atom is -0.317 e. The van der Waals surface area contributed by atoms with Crippen LogP contribution in [-0.4, -0.2) is 18.1 Å². The van der Waals surface area contributed by atoms with Crippen LogP contribution in [0, 0.1) is 0 Å². The molecule has 2 aromatic rings. The Morgan fingerprint density at radius 3 is 2.83 bits per heavy atom. The van der Waals surface area contributed by atoms with Gasteiger partial charge in [0.25, 0.3) is 0 Å². The summed E-state index contributed by atoms with van der Waals surface area (Å²) in [5.41, 5.74) is 1.15. The molecular weight excluding hydrogens is 240 g/mol. The summed E-state index contributed by atoms with van der Waals surface area (Å²) < 4.78 is 1.31. The number of benzene rings is 1. The van der Waals surface area contributed by atoms with E-state index < -0.39 is 0 Å². The lowest BCUT2D eigenvalue weighted by atomic mass is 10.1. The number of nitrogens with one attached hydrogen (secondary N) is 1. The lowest BCUT2D eigenvalue weighted by molar-refractivity contribution is 0.469. The molecule has 0 fully saturated rings. The van der Waals surface area contributed by atoms with Gasteiger partial charge in [-0.25, -0.2) is 4.98 Å². The third-order valence-electron chi connectivity index (χ3n) is 3.33. The normalized spacial score (nSPS) is 13.0. The molecule has 0 aliphatic carbocycles. The number of fused-ring (bicyclic) bond motifs is 1. The topological polar surface area (TPSA) is 24.9 Å². The third-order valence-corrected chi connectivity index (χ3v) is 4.42. The monoisotopic (exact) mass is 262 g/mol. The first-order valence-electron chi connectivity index (χ1n) is 6.85. The molecule has 2 rings (SSSR count). The fourth-order valence-electron chi connectivity index (χ4n) is 2.31. The fraction of sp³-hybridized carbons (Fsp3) is 0.533. The van der Waals surface area contributed by atoms with Gasteiger partial charge in [0.2, 0.25) is 0 Å². The molecule has 1 aromatic carbocycles. The van der Waals surface area contributed by atoms with Gasteiger partial charge in [0.15, 0.2) is 0 Å². The first-order chi connectivity index (χ1) is 8.83. The van der Waals surface area contributed by atoms with Gasteiger partial charge in [0.1, 0.15) is 0 Å². The molecule has 1 heterocycles. The summed E-state index contributed by atoms with van der Waals surface area (Å²) in [4.78, 5) is 4.68. The maximum absolute atomic E-state index is 4.68. The second-order valence-electron chi connectivity index (χ2n) is 4.74. The van der Waals surface area contributed by atoms with Crippen LogP contribution in [0.1, 0.15) is 37.6 Å². The Hall–Kier alpha value is -0.930. The standard InChI is InChI=1S/C15H22N2S/c1-3-7-12(16-2)8-6-11-15-17-13-9-4-5-10-14(13)18-15/h4-5,9-10,12,16H,3,6-8,11H2,1-2H3. The van der Waals surface area contributed by atoms with Crippen LogP contribution in [0.15, 0.2) is 24.3 Å². The van der Waals surface area contributed by atoms with Gasteiger partial charge in [-0.3, -0.25) is 0 Å². The quantitative estimate of drug-likeness (QED) is 0.815. The molecule has 0 bridgehead atoms. The number of rotatable bonds is 7. The zero-order valence-electron chi connectivity index (χ0n) is 11.3. The largest absolute Gasteiger partial charge is 0.317 e. The summed E-state index contributed by atoms with van der Waals surface area (Å²) in [6.45, 7) is 2.25. The highest BCUT2D eigenvalue weighted by atomic mass is 32.1. The van der Waals surface area contributed by atoms with E-state index in [1.54, 1.807) is 0 Å². The zero-order valence-corrected chi connectivity index (χ0v) is 12.1. The van der Waals surface area contributed by atoms with E-state index in [9.17, 15) is 0 Å². The van der Waals surface area contributed by atoms with Crippen molar-refractivity contribution in [1.82, 2.24) is 10.3 Å². The van der Waals surface area contributed by atoms with Gasteiger partial charge in [-0.15, -0.1) is 11.3 Å². The SMILES string of the molecule is CCCC(CCCc1nc2ccccc2s1)NC. The number of aromatic nitrogens is 1. The number of hydrogen-bond donors (Lipinski definition) is 1. The Bertz CT molecular complexity index is 445. The van der Waals surface area contributed by atoms with Crippen molar-refractivity contribution in [2.24, 2.45) is 0 Å². The van der Waals surface area contributed by atoms with Gasteiger partial charge >= 0.3 is 0 Å². The van der Waals surface area contributed by atoms with E-state index in [-0.39, 0.29) is 0 Å². The van der Waals surface area contributed by atoms with Crippen molar-refractivity contribution >= 4 is 21.6 Å². The molecule has 3 heteroatoms. The van der Waals surface area contributed by atoms with Crippen LogP contribution in [0.4, 0.5) is 0 Å². The molecule has 0 radical (unpaired) electrons. The molecular formula is C15H22N2S. The zero-order chi connectivity index (χ0) is 12.8. The van der Waals surface area contributed by atoms with Crippen molar-refractivity contribution in [2.75, 3.05) is 7.05 Å². The van der Waals surface area contributed by atoms with E-state index in [0.29, 0.717) is 6.04 Å². The Morgan fingerprint density at radius 1 is 1.28 bits per heavy atom. The molecule has 0 saturated heterocycles. The second kappa shape index (κ2) is 6.86. The summed E-state index contributed by atoms with van der Waals surface area (Å²) >= 11 is 1.84. The maximum Gasteiger partial charge on any atom is 0.0938 e. The van der Waals surface area contributed by atoms with Gasteiger partial charge in [-0.1, -0.05) is 25.5 Å². The van der Waals surface area contributed by atoms with Crippen LogP contribution in [-0.2, 0) is 6.42 Å². The first kappa shape index (κ1) is 13.5. The minimum absolute atomic E-state index is 0.671. The van der Waals surface area contributed by atoms with Crippen molar-refractivity contribution in [1.29, 1.82) is 0 Å². The van der Waals surface area contributed by atoms with E-state index in [1.807, 2.05) is 11.3 Å². The lowest BCUT2D eigenvalue weighted by Crippen LogP contribution is -2.24. The molecule has 2 nitrogen and oxygen atoms in total. The van der Waals surface area contributed by atoms with Gasteiger partial charge in [0, 0.05) is 6.04 Å². The maximum atomic E-state index is 4.68. The Kier molecular flexibility index (Phi) is 5.14. The summed E-state index contributed by atoms with van der Waals surface area (Å²) in [6.07, 6.45) is 6.12. The molecule has 0 amide bonds. The van der Waals surface area contributed by atoms with Crippen LogP contribution in [0.3, 0.4) is 0 Å². The van der Waals surface area contributed by atoms with Gasteiger partial charge in [0.05, 0.1) is 15.2 Å². The van der Waals surface area contributed by atoms with Gasteiger partial charge in [-0.05, 0) is 44.9 Å². The number of nitrogens with zero attached hydrogens (tertiary/aromatic N) is 1. The molecule has 98 valence electrons. The van der Waals surface area contributed by atoms with Crippen LogP contribution in [0.2, 0.25) is 0 Å². The highest BCUT2D eigenvalue weighted by molar-refractivity contribution is 7.18. The third kappa shape index (κ3) is 3.53. The Morgan fingerprint density at radius 2 is 2.11 bits per heavy atom. The van der Waals surface area contributed by atoms with Crippen LogP contribution in [0.25, 0.3) is 10.2 Å². The van der Waals surface area contributed by atoms with E-state index >= 15 is 0 Å². The molecule has 0 aliphatic heterocycles. The number of para-hydroxylation sites is 1. The van der Waals surface area contributed by atoms with Crippen molar-refractivity contribution in [3.05, 3.63) is 29.3 Å². The van der Waals surface area contributed by atoms with Crippen molar-refractivity contribution in [3.63, 3.8) is 0 Å². The Balaban J connectivity index is 1.86. The van der Waals surface area contributed by atoms with Gasteiger partial charge in [-0.2, -0.15) is 0 Å². The molecule has 0 saturated carbocycles. The van der Waals surface area contributed by atoms with Crippen LogP contribution >= 0.6 is 11.3 Å². The number of thiazole rings is 1. The first-order valence-corrected chi connectivity index (χ1v) is 7.67. The molecule has 1 aromatic heterocycles. The average molecular weight is 262 g/mol. The number of aryl methyl sites for hydroxylation is 1. The Labute approximate surface area is 113 Å².